The predicted molar refractivity (Wildman–Crippen MR) is 73.5 cm³/mol. The van der Waals surface area contributed by atoms with E-state index in [0.29, 0.717) is 11.6 Å². The van der Waals surface area contributed by atoms with Crippen molar-refractivity contribution < 1.29 is 13.2 Å². The molecule has 0 aliphatic carbocycles. The van der Waals surface area contributed by atoms with Crippen molar-refractivity contribution in [3.8, 4) is 0 Å². The van der Waals surface area contributed by atoms with Crippen LogP contribution in [0.15, 0.2) is 18.2 Å². The van der Waals surface area contributed by atoms with E-state index in [0.717, 1.165) is 12.1 Å². The second-order valence-corrected chi connectivity index (χ2v) is 4.64. The van der Waals surface area contributed by atoms with E-state index in [1.165, 1.54) is 6.07 Å². The summed E-state index contributed by atoms with van der Waals surface area (Å²) in [6.45, 7) is 3.75. The molecule has 0 amide bonds. The molecule has 0 atom stereocenters. The Bertz CT molecular complexity index is 660. The standard InChI is InChI=1S/C13H14F3N5/c1-6(2)13-19-9(5-10(20-13)21-17)18-8-4-3-7(14)11(15)12(8)16/h3-6H,17H2,1-2H3,(H2,18,19,20,21). The molecule has 8 heteroatoms. The first-order valence-electron chi connectivity index (χ1n) is 6.18. The monoisotopic (exact) mass is 297 g/mol. The summed E-state index contributed by atoms with van der Waals surface area (Å²) in [5, 5.41) is 2.58. The van der Waals surface area contributed by atoms with Crippen LogP contribution in [0.2, 0.25) is 0 Å². The lowest BCUT2D eigenvalue weighted by Crippen LogP contribution is -2.12. The van der Waals surface area contributed by atoms with E-state index in [4.69, 9.17) is 5.84 Å². The molecule has 21 heavy (non-hydrogen) atoms. The third-order valence-corrected chi connectivity index (χ3v) is 2.71. The number of benzene rings is 1. The first-order chi connectivity index (χ1) is 9.92. The normalized spacial score (nSPS) is 10.8. The molecule has 0 saturated carbocycles. The Morgan fingerprint density at radius 1 is 1.05 bits per heavy atom. The lowest BCUT2D eigenvalue weighted by atomic mass is 10.2. The molecule has 0 fully saturated rings. The van der Waals surface area contributed by atoms with Gasteiger partial charge >= 0.3 is 0 Å². The van der Waals surface area contributed by atoms with Crippen molar-refractivity contribution >= 4 is 17.3 Å². The van der Waals surface area contributed by atoms with Crippen LogP contribution >= 0.6 is 0 Å². The summed E-state index contributed by atoms with van der Waals surface area (Å²) in [4.78, 5) is 8.30. The second-order valence-electron chi connectivity index (χ2n) is 4.64. The maximum Gasteiger partial charge on any atom is 0.196 e. The lowest BCUT2D eigenvalue weighted by molar-refractivity contribution is 0.449. The molecule has 1 aromatic carbocycles. The van der Waals surface area contributed by atoms with Gasteiger partial charge in [-0.15, -0.1) is 0 Å². The smallest absolute Gasteiger partial charge is 0.196 e. The number of nitrogens with zero attached hydrogens (tertiary/aromatic N) is 2. The Morgan fingerprint density at radius 3 is 2.33 bits per heavy atom. The summed E-state index contributed by atoms with van der Waals surface area (Å²) in [5.74, 6) is 2.19. The van der Waals surface area contributed by atoms with Crippen molar-refractivity contribution in [1.82, 2.24) is 9.97 Å². The first-order valence-corrected chi connectivity index (χ1v) is 6.18. The third kappa shape index (κ3) is 3.22. The van der Waals surface area contributed by atoms with Gasteiger partial charge in [-0.05, 0) is 12.1 Å². The van der Waals surface area contributed by atoms with E-state index < -0.39 is 17.5 Å². The molecule has 0 unspecified atom stereocenters. The fourth-order valence-corrected chi connectivity index (χ4v) is 1.62. The van der Waals surface area contributed by atoms with Gasteiger partial charge in [-0.1, -0.05) is 13.8 Å². The van der Waals surface area contributed by atoms with Crippen LogP contribution in [0, 0.1) is 17.5 Å². The number of anilines is 3. The summed E-state index contributed by atoms with van der Waals surface area (Å²) in [5.41, 5.74) is 2.13. The van der Waals surface area contributed by atoms with Crippen molar-refractivity contribution in [1.29, 1.82) is 0 Å². The molecule has 4 N–H and O–H groups in total. The topological polar surface area (TPSA) is 75.9 Å². The Morgan fingerprint density at radius 2 is 1.71 bits per heavy atom. The molecule has 5 nitrogen and oxygen atoms in total. The van der Waals surface area contributed by atoms with Gasteiger partial charge in [0.1, 0.15) is 17.5 Å². The van der Waals surface area contributed by atoms with Crippen molar-refractivity contribution in [3.05, 3.63) is 41.5 Å². The Hall–Kier alpha value is -2.35. The van der Waals surface area contributed by atoms with Gasteiger partial charge in [0, 0.05) is 12.0 Å². The number of hydrazine groups is 1. The van der Waals surface area contributed by atoms with Crippen LogP contribution in [0.25, 0.3) is 0 Å². The van der Waals surface area contributed by atoms with Gasteiger partial charge in [0.05, 0.1) is 5.69 Å². The summed E-state index contributed by atoms with van der Waals surface area (Å²) in [6.07, 6.45) is 0. The Balaban J connectivity index is 2.39. The fourth-order valence-electron chi connectivity index (χ4n) is 1.62. The Kier molecular flexibility index (Phi) is 4.27. The van der Waals surface area contributed by atoms with Gasteiger partial charge in [-0.3, -0.25) is 0 Å². The summed E-state index contributed by atoms with van der Waals surface area (Å²) < 4.78 is 39.7. The average molecular weight is 297 g/mol. The van der Waals surface area contributed by atoms with E-state index in [2.05, 4.69) is 20.7 Å². The molecule has 1 aromatic heterocycles. The molecule has 0 spiro atoms. The van der Waals surface area contributed by atoms with Crippen molar-refractivity contribution in [3.63, 3.8) is 0 Å². The summed E-state index contributed by atoms with van der Waals surface area (Å²) >= 11 is 0. The molecular formula is C13H14F3N5. The van der Waals surface area contributed by atoms with Crippen LogP contribution < -0.4 is 16.6 Å². The second kappa shape index (κ2) is 5.96. The first kappa shape index (κ1) is 15.0. The van der Waals surface area contributed by atoms with Gasteiger partial charge in [-0.25, -0.2) is 29.0 Å². The molecule has 1 heterocycles. The number of halogens is 3. The van der Waals surface area contributed by atoms with Crippen molar-refractivity contribution in [2.24, 2.45) is 5.84 Å². The maximum absolute atomic E-state index is 13.6. The van der Waals surface area contributed by atoms with Gasteiger partial charge in [0.2, 0.25) is 0 Å². The van der Waals surface area contributed by atoms with Gasteiger partial charge in [0.25, 0.3) is 0 Å². The maximum atomic E-state index is 13.6. The number of hydrogen-bond donors (Lipinski definition) is 3. The number of aromatic nitrogens is 2. The zero-order chi connectivity index (χ0) is 15.6. The van der Waals surface area contributed by atoms with Gasteiger partial charge in [-0.2, -0.15) is 0 Å². The molecule has 112 valence electrons. The molecule has 0 saturated heterocycles. The number of rotatable bonds is 4. The highest BCUT2D eigenvalue weighted by molar-refractivity contribution is 5.59. The number of nitrogens with one attached hydrogen (secondary N) is 2. The van der Waals surface area contributed by atoms with E-state index in [-0.39, 0.29) is 17.4 Å². The van der Waals surface area contributed by atoms with Gasteiger partial charge in [0.15, 0.2) is 17.5 Å². The van der Waals surface area contributed by atoms with Crippen LogP contribution in [0.3, 0.4) is 0 Å². The number of hydrogen-bond acceptors (Lipinski definition) is 5. The van der Waals surface area contributed by atoms with Crippen LogP contribution in [0.1, 0.15) is 25.6 Å². The zero-order valence-electron chi connectivity index (χ0n) is 11.4. The zero-order valence-corrected chi connectivity index (χ0v) is 11.4. The number of nitrogen functional groups attached to an aromatic ring is 1. The molecule has 2 rings (SSSR count). The lowest BCUT2D eigenvalue weighted by Gasteiger charge is -2.12. The van der Waals surface area contributed by atoms with Crippen LogP contribution in [-0.2, 0) is 0 Å². The van der Waals surface area contributed by atoms with E-state index in [1.807, 2.05) is 13.8 Å². The minimum absolute atomic E-state index is 0.00801. The molecule has 2 aromatic rings. The van der Waals surface area contributed by atoms with Crippen LogP contribution in [-0.4, -0.2) is 9.97 Å². The summed E-state index contributed by atoms with van der Waals surface area (Å²) in [6, 6.07) is 3.33. The minimum atomic E-state index is -1.55. The molecule has 0 aliphatic heterocycles. The van der Waals surface area contributed by atoms with E-state index in [9.17, 15) is 13.2 Å². The molecule has 0 radical (unpaired) electrons. The Labute approximate surface area is 119 Å². The van der Waals surface area contributed by atoms with E-state index >= 15 is 0 Å². The largest absolute Gasteiger partial charge is 0.338 e. The van der Waals surface area contributed by atoms with Crippen molar-refractivity contribution in [2.45, 2.75) is 19.8 Å². The highest BCUT2D eigenvalue weighted by Crippen LogP contribution is 2.24. The van der Waals surface area contributed by atoms with Gasteiger partial charge < -0.3 is 10.7 Å². The molecule has 0 bridgehead atoms. The highest BCUT2D eigenvalue weighted by atomic mass is 19.2. The highest BCUT2D eigenvalue weighted by Gasteiger charge is 2.15. The predicted octanol–water partition coefficient (Wildman–Crippen LogP) is 3.05. The molecule has 0 aliphatic rings. The number of nitrogens with two attached hydrogens (primary N) is 1. The average Bonchev–Trinajstić information content (AvgIpc) is 2.47. The quantitative estimate of drug-likeness (QED) is 0.459. The molecular weight excluding hydrogens is 283 g/mol. The minimum Gasteiger partial charge on any atom is -0.338 e. The SMILES string of the molecule is CC(C)c1nc(NN)cc(Nc2ccc(F)c(F)c2F)n1. The fraction of sp³-hybridized carbons (Fsp3) is 0.231. The summed E-state index contributed by atoms with van der Waals surface area (Å²) in [7, 11) is 0. The van der Waals surface area contributed by atoms with E-state index in [1.54, 1.807) is 0 Å². The van der Waals surface area contributed by atoms with Crippen LogP contribution in [0.5, 0.6) is 0 Å². The third-order valence-electron chi connectivity index (χ3n) is 2.71. The van der Waals surface area contributed by atoms with Crippen LogP contribution in [0.4, 0.5) is 30.5 Å². The van der Waals surface area contributed by atoms with Crippen molar-refractivity contribution in [2.75, 3.05) is 10.7 Å².